The van der Waals surface area contributed by atoms with Crippen molar-refractivity contribution in [3.05, 3.63) is 76.0 Å². The molecule has 2 aromatic heterocycles. The topological polar surface area (TPSA) is 84.7 Å². The maximum Gasteiger partial charge on any atom is 0.295 e. The molecule has 1 aromatic carbocycles. The summed E-state index contributed by atoms with van der Waals surface area (Å²) in [7, 11) is 0. The van der Waals surface area contributed by atoms with E-state index in [0.717, 1.165) is 22.6 Å². The number of aliphatic hydroxyl groups excluding tert-OH is 1. The minimum absolute atomic E-state index is 0.0783. The van der Waals surface area contributed by atoms with Gasteiger partial charge in [0.05, 0.1) is 17.9 Å². The minimum atomic E-state index is -0.645. The second kappa shape index (κ2) is 8.27. The second-order valence-electron chi connectivity index (χ2n) is 8.12. The van der Waals surface area contributed by atoms with E-state index < -0.39 is 17.7 Å². The van der Waals surface area contributed by atoms with E-state index in [-0.39, 0.29) is 17.4 Å². The van der Waals surface area contributed by atoms with Crippen molar-refractivity contribution >= 4 is 28.8 Å². The molecule has 2 unspecified atom stereocenters. The zero-order valence-corrected chi connectivity index (χ0v) is 18.4. The number of carbonyl (C=O) groups excluding carboxylic acids is 2. The summed E-state index contributed by atoms with van der Waals surface area (Å²) < 4.78 is 7.68. The third kappa shape index (κ3) is 3.60. The molecule has 0 aliphatic carbocycles. The van der Waals surface area contributed by atoms with Crippen LogP contribution >= 0.6 is 11.3 Å². The molecule has 2 atom stereocenters. The fraction of sp³-hybridized carbons (Fsp3) is 0.292. The van der Waals surface area contributed by atoms with Crippen LogP contribution in [-0.2, 0) is 22.6 Å². The molecule has 32 heavy (non-hydrogen) atoms. The Hall–Kier alpha value is -3.39. The number of ether oxygens (including phenoxy) is 1. The predicted octanol–water partition coefficient (Wildman–Crippen LogP) is 3.78. The third-order valence-electron chi connectivity index (χ3n) is 5.90. The Labute approximate surface area is 189 Å². The number of aliphatic hydroxyl groups is 1. The van der Waals surface area contributed by atoms with Crippen LogP contribution in [0.2, 0.25) is 0 Å². The van der Waals surface area contributed by atoms with Crippen LogP contribution < -0.4 is 4.74 Å². The predicted molar refractivity (Wildman–Crippen MR) is 120 cm³/mol. The smallest absolute Gasteiger partial charge is 0.295 e. The Morgan fingerprint density at radius 2 is 2.16 bits per heavy atom. The van der Waals surface area contributed by atoms with Gasteiger partial charge in [-0.15, -0.1) is 11.3 Å². The number of aryl methyl sites for hydroxylation is 1. The first-order valence-electron chi connectivity index (χ1n) is 10.6. The monoisotopic (exact) mass is 449 g/mol. The van der Waals surface area contributed by atoms with Crippen molar-refractivity contribution in [1.82, 2.24) is 14.5 Å². The summed E-state index contributed by atoms with van der Waals surface area (Å²) in [5.74, 6) is -0.563. The van der Waals surface area contributed by atoms with Crippen molar-refractivity contribution in [2.75, 3.05) is 6.54 Å². The molecule has 8 heteroatoms. The molecule has 1 fully saturated rings. The minimum Gasteiger partial charge on any atom is -0.507 e. The number of Topliss-reactive ketones (excluding diaryl/α,β-unsaturated/α-hetero) is 1. The van der Waals surface area contributed by atoms with Crippen molar-refractivity contribution in [3.8, 4) is 5.75 Å². The van der Waals surface area contributed by atoms with Gasteiger partial charge in [0, 0.05) is 42.3 Å². The molecule has 7 nitrogen and oxygen atoms in total. The molecule has 0 radical (unpaired) electrons. The van der Waals surface area contributed by atoms with Gasteiger partial charge in [0.15, 0.2) is 0 Å². The lowest BCUT2D eigenvalue weighted by Crippen LogP contribution is -2.31. The van der Waals surface area contributed by atoms with Gasteiger partial charge in [0.2, 0.25) is 0 Å². The largest absolute Gasteiger partial charge is 0.507 e. The highest BCUT2D eigenvalue weighted by Crippen LogP contribution is 2.42. The van der Waals surface area contributed by atoms with Gasteiger partial charge in [-0.25, -0.2) is 4.98 Å². The number of nitrogens with zero attached hydrogens (tertiary/aromatic N) is 3. The number of aromatic nitrogens is 2. The molecule has 1 saturated heterocycles. The molecule has 2 aliphatic rings. The van der Waals surface area contributed by atoms with Gasteiger partial charge >= 0.3 is 0 Å². The number of rotatable bonds is 6. The summed E-state index contributed by atoms with van der Waals surface area (Å²) in [6.45, 7) is 3.08. The van der Waals surface area contributed by atoms with E-state index in [2.05, 4.69) is 4.98 Å². The van der Waals surface area contributed by atoms with Gasteiger partial charge < -0.3 is 19.3 Å². The summed E-state index contributed by atoms with van der Waals surface area (Å²) in [5, 5.41) is 13.1. The van der Waals surface area contributed by atoms with Crippen LogP contribution in [-0.4, -0.2) is 43.9 Å². The van der Waals surface area contributed by atoms with E-state index >= 15 is 0 Å². The quantitative estimate of drug-likeness (QED) is 0.352. The Kier molecular flexibility index (Phi) is 5.30. The lowest BCUT2D eigenvalue weighted by atomic mass is 9.98. The van der Waals surface area contributed by atoms with Gasteiger partial charge in [-0.05, 0) is 48.6 Å². The van der Waals surface area contributed by atoms with Crippen LogP contribution in [0, 0.1) is 0 Å². The Morgan fingerprint density at radius 1 is 1.28 bits per heavy atom. The molecule has 0 saturated carbocycles. The molecule has 1 N–H and O–H groups in total. The SMILES string of the molecule is CC1Cc2cc(C(O)=C3C(=O)C(=O)N(CCCn4ccnc4)C3c3cccs3)ccc2O1. The summed E-state index contributed by atoms with van der Waals surface area (Å²) in [4.78, 5) is 32.5. The van der Waals surface area contributed by atoms with Crippen molar-refractivity contribution in [2.45, 2.75) is 38.5 Å². The first-order valence-corrected chi connectivity index (χ1v) is 11.5. The molecular weight excluding hydrogens is 426 g/mol. The average molecular weight is 450 g/mol. The van der Waals surface area contributed by atoms with E-state index in [9.17, 15) is 14.7 Å². The van der Waals surface area contributed by atoms with Crippen molar-refractivity contribution in [3.63, 3.8) is 0 Å². The van der Waals surface area contributed by atoms with E-state index in [1.807, 2.05) is 47.3 Å². The molecule has 4 heterocycles. The summed E-state index contributed by atoms with van der Waals surface area (Å²) in [5.41, 5.74) is 1.66. The number of carbonyl (C=O) groups is 2. The number of thiophene rings is 1. The average Bonchev–Trinajstić information content (AvgIpc) is 3.57. The van der Waals surface area contributed by atoms with Crippen LogP contribution in [0.3, 0.4) is 0 Å². The number of hydrogen-bond donors (Lipinski definition) is 1. The highest BCUT2D eigenvalue weighted by molar-refractivity contribution is 7.10. The zero-order chi connectivity index (χ0) is 22.2. The van der Waals surface area contributed by atoms with E-state index in [1.165, 1.54) is 11.3 Å². The van der Waals surface area contributed by atoms with Crippen LogP contribution in [0.1, 0.15) is 35.4 Å². The highest BCUT2D eigenvalue weighted by atomic mass is 32.1. The molecule has 0 spiro atoms. The van der Waals surface area contributed by atoms with Gasteiger partial charge in [-0.2, -0.15) is 0 Å². The Balaban J connectivity index is 1.49. The lowest BCUT2D eigenvalue weighted by Gasteiger charge is -2.24. The summed E-state index contributed by atoms with van der Waals surface area (Å²) in [6.07, 6.45) is 6.79. The van der Waals surface area contributed by atoms with E-state index in [0.29, 0.717) is 25.1 Å². The number of fused-ring (bicyclic) bond motifs is 1. The van der Waals surface area contributed by atoms with E-state index in [4.69, 9.17) is 4.74 Å². The molecule has 3 aromatic rings. The first kappa shape index (κ1) is 20.5. The summed E-state index contributed by atoms with van der Waals surface area (Å²) >= 11 is 1.47. The number of ketones is 1. The Bertz CT molecular complexity index is 1180. The van der Waals surface area contributed by atoms with Crippen molar-refractivity contribution < 1.29 is 19.4 Å². The third-order valence-corrected chi connectivity index (χ3v) is 6.82. The molecule has 1 amide bonds. The number of amides is 1. The highest BCUT2D eigenvalue weighted by Gasteiger charge is 2.46. The van der Waals surface area contributed by atoms with Crippen molar-refractivity contribution in [2.24, 2.45) is 0 Å². The first-order chi connectivity index (χ1) is 15.5. The molecular formula is C24H23N3O4S. The van der Waals surface area contributed by atoms with Crippen LogP contribution in [0.4, 0.5) is 0 Å². The standard InChI is InChI=1S/C24H23N3O4S/c1-15-12-17-13-16(5-6-18(17)31-15)22(28)20-21(19-4-2-11-32-19)27(24(30)23(20)29)9-3-8-26-10-7-25-14-26/h2,4-7,10-11,13-15,21,28H,3,8-9,12H2,1H3. The second-order valence-corrected chi connectivity index (χ2v) is 9.10. The number of likely N-dealkylation sites (tertiary alicyclic amines) is 1. The fourth-order valence-corrected chi connectivity index (χ4v) is 5.27. The van der Waals surface area contributed by atoms with Crippen LogP contribution in [0.5, 0.6) is 5.75 Å². The maximum atomic E-state index is 13.1. The van der Waals surface area contributed by atoms with Gasteiger partial charge in [0.25, 0.3) is 11.7 Å². The number of imidazole rings is 1. The number of hydrogen-bond acceptors (Lipinski definition) is 6. The molecule has 5 rings (SSSR count). The van der Waals surface area contributed by atoms with Crippen LogP contribution in [0.25, 0.3) is 5.76 Å². The maximum absolute atomic E-state index is 13.1. The van der Waals surface area contributed by atoms with Gasteiger partial charge in [-0.3, -0.25) is 9.59 Å². The zero-order valence-electron chi connectivity index (χ0n) is 17.6. The molecule has 0 bridgehead atoms. The van der Waals surface area contributed by atoms with Gasteiger partial charge in [-0.1, -0.05) is 6.07 Å². The number of benzene rings is 1. The van der Waals surface area contributed by atoms with Crippen molar-refractivity contribution in [1.29, 1.82) is 0 Å². The molecule has 164 valence electrons. The van der Waals surface area contributed by atoms with E-state index in [1.54, 1.807) is 23.5 Å². The van der Waals surface area contributed by atoms with Crippen LogP contribution in [0.15, 0.2) is 60.0 Å². The van der Waals surface area contributed by atoms with Gasteiger partial charge in [0.1, 0.15) is 17.6 Å². The summed E-state index contributed by atoms with van der Waals surface area (Å²) in [6, 6.07) is 8.60. The Morgan fingerprint density at radius 3 is 2.91 bits per heavy atom. The normalized spacial score (nSPS) is 21.7. The lowest BCUT2D eigenvalue weighted by molar-refractivity contribution is -0.139. The molecule has 2 aliphatic heterocycles. The fourth-order valence-electron chi connectivity index (χ4n) is 4.42.